The van der Waals surface area contributed by atoms with Gasteiger partial charge in [0, 0.05) is 9.37 Å². The predicted octanol–water partition coefficient (Wildman–Crippen LogP) is 5.45. The van der Waals surface area contributed by atoms with E-state index in [1.807, 2.05) is 50.2 Å². The molecule has 0 saturated carbocycles. The Morgan fingerprint density at radius 2 is 1.90 bits per heavy atom. The summed E-state index contributed by atoms with van der Waals surface area (Å²) < 4.78 is 1.03. The largest absolute Gasteiger partial charge is 0.324 e. The van der Waals surface area contributed by atoms with Crippen molar-refractivity contribution in [2.24, 2.45) is 0 Å². The molecule has 0 heterocycles. The third-order valence-electron chi connectivity index (χ3n) is 2.88. The van der Waals surface area contributed by atoms with Crippen molar-refractivity contribution in [2.45, 2.75) is 18.7 Å². The Labute approximate surface area is 142 Å². The third-order valence-corrected chi connectivity index (χ3v) is 4.72. The monoisotopic (exact) mass is 383 g/mol. The van der Waals surface area contributed by atoms with Crippen LogP contribution in [-0.2, 0) is 4.79 Å². The highest BCUT2D eigenvalue weighted by molar-refractivity contribution is 9.10. The van der Waals surface area contributed by atoms with E-state index in [-0.39, 0.29) is 5.91 Å². The number of halogens is 2. The normalized spacial score (nSPS) is 10.5. The fourth-order valence-electron chi connectivity index (χ4n) is 1.93. The smallest absolute Gasteiger partial charge is 0.234 e. The number of rotatable bonds is 4. The molecule has 21 heavy (non-hydrogen) atoms. The lowest BCUT2D eigenvalue weighted by atomic mass is 10.1. The zero-order chi connectivity index (χ0) is 15.4. The Bertz CT molecular complexity index is 635. The first-order valence-corrected chi connectivity index (χ1v) is 8.56. The molecule has 0 spiro atoms. The number of nitrogens with one attached hydrogen (secondary N) is 1. The number of hydrogen-bond acceptors (Lipinski definition) is 2. The highest BCUT2D eigenvalue weighted by Crippen LogP contribution is 2.28. The zero-order valence-corrected chi connectivity index (χ0v) is 14.9. The molecular formula is C16H15BrClNOS. The van der Waals surface area contributed by atoms with Crippen molar-refractivity contribution in [3.63, 3.8) is 0 Å². The van der Waals surface area contributed by atoms with Crippen LogP contribution in [-0.4, -0.2) is 11.7 Å². The Morgan fingerprint density at radius 1 is 1.24 bits per heavy atom. The fourth-order valence-corrected chi connectivity index (χ4v) is 3.26. The van der Waals surface area contributed by atoms with Gasteiger partial charge in [-0.25, -0.2) is 0 Å². The molecule has 0 aliphatic rings. The van der Waals surface area contributed by atoms with Crippen LogP contribution < -0.4 is 5.32 Å². The van der Waals surface area contributed by atoms with E-state index in [0.29, 0.717) is 16.5 Å². The lowest BCUT2D eigenvalue weighted by Gasteiger charge is -2.11. The van der Waals surface area contributed by atoms with Gasteiger partial charge in [-0.2, -0.15) is 0 Å². The number of carbonyl (C=O) groups excluding carboxylic acids is 1. The van der Waals surface area contributed by atoms with Gasteiger partial charge in [0.05, 0.1) is 16.5 Å². The summed E-state index contributed by atoms with van der Waals surface area (Å²) in [5.41, 5.74) is 2.76. The second kappa shape index (κ2) is 7.34. The van der Waals surface area contributed by atoms with Gasteiger partial charge in [0.2, 0.25) is 5.91 Å². The average Bonchev–Trinajstić information content (AvgIpc) is 2.42. The molecule has 2 nitrogen and oxygen atoms in total. The van der Waals surface area contributed by atoms with E-state index in [1.165, 1.54) is 11.8 Å². The van der Waals surface area contributed by atoms with Crippen molar-refractivity contribution in [1.82, 2.24) is 0 Å². The molecule has 0 fully saturated rings. The van der Waals surface area contributed by atoms with Gasteiger partial charge in [0.1, 0.15) is 0 Å². The van der Waals surface area contributed by atoms with Crippen LogP contribution >= 0.6 is 39.3 Å². The van der Waals surface area contributed by atoms with Crippen LogP contribution in [0.5, 0.6) is 0 Å². The maximum atomic E-state index is 12.0. The van der Waals surface area contributed by atoms with Crippen molar-refractivity contribution in [3.05, 3.63) is 57.0 Å². The van der Waals surface area contributed by atoms with Crippen molar-refractivity contribution >= 4 is 50.9 Å². The standard InChI is InChI=1S/C16H15BrClNOS/c1-10-7-11(2)16(14(18)8-10)19-15(20)9-21-13-5-3-12(17)4-6-13/h3-8H,9H2,1-2H3,(H,19,20). The Kier molecular flexibility index (Phi) is 5.73. The van der Waals surface area contributed by atoms with E-state index < -0.39 is 0 Å². The maximum absolute atomic E-state index is 12.0. The molecule has 1 N–H and O–H groups in total. The number of thioether (sulfide) groups is 1. The molecule has 2 rings (SSSR count). The van der Waals surface area contributed by atoms with E-state index in [9.17, 15) is 4.79 Å². The predicted molar refractivity (Wildman–Crippen MR) is 94.4 cm³/mol. The van der Waals surface area contributed by atoms with Gasteiger partial charge >= 0.3 is 0 Å². The first-order chi connectivity index (χ1) is 9.95. The van der Waals surface area contributed by atoms with Gasteiger partial charge in [-0.1, -0.05) is 33.6 Å². The molecule has 0 aliphatic carbocycles. The summed E-state index contributed by atoms with van der Waals surface area (Å²) in [6.07, 6.45) is 0. The molecule has 2 aromatic rings. The number of amides is 1. The highest BCUT2D eigenvalue weighted by Gasteiger charge is 2.10. The molecule has 0 unspecified atom stereocenters. The van der Waals surface area contributed by atoms with Gasteiger partial charge in [-0.3, -0.25) is 4.79 Å². The zero-order valence-electron chi connectivity index (χ0n) is 11.7. The van der Waals surface area contributed by atoms with Crippen LogP contribution in [0.4, 0.5) is 5.69 Å². The molecule has 110 valence electrons. The molecule has 0 saturated heterocycles. The molecule has 0 aromatic heterocycles. The molecule has 0 atom stereocenters. The van der Waals surface area contributed by atoms with Crippen molar-refractivity contribution in [1.29, 1.82) is 0 Å². The van der Waals surface area contributed by atoms with Crippen molar-refractivity contribution in [2.75, 3.05) is 11.1 Å². The van der Waals surface area contributed by atoms with Crippen LogP contribution in [0.25, 0.3) is 0 Å². The maximum Gasteiger partial charge on any atom is 0.234 e. The molecule has 0 aliphatic heterocycles. The van der Waals surface area contributed by atoms with Crippen LogP contribution in [0, 0.1) is 13.8 Å². The van der Waals surface area contributed by atoms with E-state index in [2.05, 4.69) is 21.2 Å². The summed E-state index contributed by atoms with van der Waals surface area (Å²) in [6, 6.07) is 11.7. The average molecular weight is 385 g/mol. The SMILES string of the molecule is Cc1cc(C)c(NC(=O)CSc2ccc(Br)cc2)c(Cl)c1. The molecule has 0 bridgehead atoms. The molecule has 0 radical (unpaired) electrons. The number of anilines is 1. The second-order valence-corrected chi connectivity index (χ2v) is 7.10. The molecular weight excluding hydrogens is 370 g/mol. The number of aryl methyl sites for hydroxylation is 2. The minimum absolute atomic E-state index is 0.0585. The van der Waals surface area contributed by atoms with E-state index >= 15 is 0 Å². The first-order valence-electron chi connectivity index (χ1n) is 6.40. The van der Waals surface area contributed by atoms with E-state index in [1.54, 1.807) is 0 Å². The van der Waals surface area contributed by atoms with Crippen LogP contribution in [0.1, 0.15) is 11.1 Å². The summed E-state index contributed by atoms with van der Waals surface area (Å²) in [4.78, 5) is 13.1. The lowest BCUT2D eigenvalue weighted by Crippen LogP contribution is -2.15. The number of benzene rings is 2. The summed E-state index contributed by atoms with van der Waals surface area (Å²) >= 11 is 11.1. The van der Waals surface area contributed by atoms with Gasteiger partial charge in [0.25, 0.3) is 0 Å². The van der Waals surface area contributed by atoms with E-state index in [0.717, 1.165) is 20.5 Å². The minimum atomic E-state index is -0.0585. The Morgan fingerprint density at radius 3 is 2.52 bits per heavy atom. The third kappa shape index (κ3) is 4.77. The van der Waals surface area contributed by atoms with Crippen LogP contribution in [0.2, 0.25) is 5.02 Å². The number of hydrogen-bond donors (Lipinski definition) is 1. The second-order valence-electron chi connectivity index (χ2n) is 4.73. The Hall–Kier alpha value is -0.970. The molecule has 5 heteroatoms. The Balaban J connectivity index is 1.97. The minimum Gasteiger partial charge on any atom is -0.324 e. The first kappa shape index (κ1) is 16.4. The highest BCUT2D eigenvalue weighted by atomic mass is 79.9. The van der Waals surface area contributed by atoms with Crippen LogP contribution in [0.3, 0.4) is 0 Å². The molecule has 2 aromatic carbocycles. The van der Waals surface area contributed by atoms with Crippen LogP contribution in [0.15, 0.2) is 45.8 Å². The summed E-state index contributed by atoms with van der Waals surface area (Å²) in [5.74, 6) is 0.294. The number of carbonyl (C=O) groups is 1. The van der Waals surface area contributed by atoms with Gasteiger partial charge in [-0.15, -0.1) is 11.8 Å². The molecule has 1 amide bonds. The van der Waals surface area contributed by atoms with Gasteiger partial charge < -0.3 is 5.32 Å². The van der Waals surface area contributed by atoms with Gasteiger partial charge in [0.15, 0.2) is 0 Å². The topological polar surface area (TPSA) is 29.1 Å². The summed E-state index contributed by atoms with van der Waals surface area (Å²) in [6.45, 7) is 3.92. The lowest BCUT2D eigenvalue weighted by molar-refractivity contribution is -0.113. The quantitative estimate of drug-likeness (QED) is 0.710. The summed E-state index contributed by atoms with van der Waals surface area (Å²) in [7, 11) is 0. The van der Waals surface area contributed by atoms with Crippen molar-refractivity contribution < 1.29 is 4.79 Å². The summed E-state index contributed by atoms with van der Waals surface area (Å²) in [5, 5.41) is 3.46. The van der Waals surface area contributed by atoms with Gasteiger partial charge in [-0.05, 0) is 55.3 Å². The van der Waals surface area contributed by atoms with Crippen molar-refractivity contribution in [3.8, 4) is 0 Å². The van der Waals surface area contributed by atoms with E-state index in [4.69, 9.17) is 11.6 Å². The fraction of sp³-hybridized carbons (Fsp3) is 0.188.